The van der Waals surface area contributed by atoms with E-state index in [1.807, 2.05) is 6.92 Å². The molecule has 0 radical (unpaired) electrons. The van der Waals surface area contributed by atoms with E-state index in [0.717, 1.165) is 5.56 Å². The highest BCUT2D eigenvalue weighted by molar-refractivity contribution is 14.0. The van der Waals surface area contributed by atoms with Crippen molar-refractivity contribution in [1.29, 1.82) is 0 Å². The normalized spacial score (nSPS) is 12.1. The van der Waals surface area contributed by atoms with E-state index in [1.54, 1.807) is 37.4 Å². The maximum atomic E-state index is 13.7. The number of rotatable bonds is 8. The summed E-state index contributed by atoms with van der Waals surface area (Å²) >= 11 is 0. The Morgan fingerprint density at radius 2 is 1.86 bits per heavy atom. The number of methoxy groups -OCH3 is 1. The van der Waals surface area contributed by atoms with Gasteiger partial charge in [0.1, 0.15) is 11.9 Å². The van der Waals surface area contributed by atoms with Crippen molar-refractivity contribution < 1.29 is 18.3 Å². The van der Waals surface area contributed by atoms with Crippen LogP contribution in [0.3, 0.4) is 0 Å². The fourth-order valence-electron chi connectivity index (χ4n) is 2.45. The number of ether oxygens (including phenoxy) is 2. The number of nitrogens with one attached hydrogen (secondary N) is 2. The zero-order valence-electron chi connectivity index (χ0n) is 16.2. The Balaban J connectivity index is 0.00000392. The first-order valence-electron chi connectivity index (χ1n) is 8.65. The summed E-state index contributed by atoms with van der Waals surface area (Å²) < 4.78 is 37.9. The molecule has 0 amide bonds. The van der Waals surface area contributed by atoms with Gasteiger partial charge in [-0.1, -0.05) is 18.2 Å². The van der Waals surface area contributed by atoms with E-state index >= 15 is 0 Å². The Bertz CT molecular complexity index is 775. The number of guanidine groups is 1. The summed E-state index contributed by atoms with van der Waals surface area (Å²) in [4.78, 5) is 4.14. The van der Waals surface area contributed by atoms with E-state index < -0.39 is 5.82 Å². The largest absolute Gasteiger partial charge is 0.486 e. The van der Waals surface area contributed by atoms with Crippen LogP contribution in [0.1, 0.15) is 18.1 Å². The van der Waals surface area contributed by atoms with Gasteiger partial charge in [0.15, 0.2) is 17.5 Å². The minimum absolute atomic E-state index is 0. The first kappa shape index (κ1) is 24.1. The Morgan fingerprint density at radius 1 is 1.11 bits per heavy atom. The summed E-state index contributed by atoms with van der Waals surface area (Å²) in [5, 5.41) is 6.27. The lowest BCUT2D eigenvalue weighted by Crippen LogP contribution is -2.41. The van der Waals surface area contributed by atoms with Gasteiger partial charge in [0.05, 0.1) is 13.2 Å². The second-order valence-corrected chi connectivity index (χ2v) is 6.02. The van der Waals surface area contributed by atoms with E-state index in [1.165, 1.54) is 19.2 Å². The molecule has 0 aliphatic rings. The van der Waals surface area contributed by atoms with Crippen LogP contribution in [0.2, 0.25) is 0 Å². The van der Waals surface area contributed by atoms with Gasteiger partial charge in [0.25, 0.3) is 0 Å². The smallest absolute Gasteiger partial charge is 0.191 e. The molecule has 8 heteroatoms. The molecule has 5 nitrogen and oxygen atoms in total. The van der Waals surface area contributed by atoms with Crippen LogP contribution in [0.5, 0.6) is 5.75 Å². The van der Waals surface area contributed by atoms with Crippen LogP contribution < -0.4 is 15.4 Å². The topological polar surface area (TPSA) is 54.9 Å². The van der Waals surface area contributed by atoms with Crippen molar-refractivity contribution in [3.8, 4) is 5.75 Å². The van der Waals surface area contributed by atoms with Gasteiger partial charge in [-0.2, -0.15) is 0 Å². The number of hydrogen-bond acceptors (Lipinski definition) is 3. The maximum Gasteiger partial charge on any atom is 0.191 e. The summed E-state index contributed by atoms with van der Waals surface area (Å²) in [6.07, 6.45) is -0.264. The van der Waals surface area contributed by atoms with Crippen molar-refractivity contribution in [2.24, 2.45) is 4.99 Å². The standard InChI is InChI=1S/C20H25F2N3O2.HI/c1-14(27-19-7-5-4-6-18(19)22)11-24-20(23-2)25-12-15-8-9-17(21)16(10-15)13-26-3;/h4-10,14H,11-13H2,1-3H3,(H2,23,24,25);1H. The van der Waals surface area contributed by atoms with Gasteiger partial charge >= 0.3 is 0 Å². The average Bonchev–Trinajstić information content (AvgIpc) is 2.66. The lowest BCUT2D eigenvalue weighted by Gasteiger charge is -2.18. The molecular formula is C20H26F2IN3O2. The maximum absolute atomic E-state index is 13.7. The van der Waals surface area contributed by atoms with Crippen molar-refractivity contribution in [2.75, 3.05) is 20.7 Å². The quantitative estimate of drug-likeness (QED) is 0.325. The van der Waals surface area contributed by atoms with Crippen LogP contribution in [-0.2, 0) is 17.9 Å². The van der Waals surface area contributed by atoms with E-state index in [9.17, 15) is 8.78 Å². The minimum Gasteiger partial charge on any atom is -0.486 e. The third kappa shape index (κ3) is 7.59. The van der Waals surface area contributed by atoms with Crippen molar-refractivity contribution in [2.45, 2.75) is 26.2 Å². The molecule has 0 spiro atoms. The van der Waals surface area contributed by atoms with Crippen LogP contribution in [0.25, 0.3) is 0 Å². The highest BCUT2D eigenvalue weighted by Gasteiger charge is 2.09. The van der Waals surface area contributed by atoms with Gasteiger partial charge in [0.2, 0.25) is 0 Å². The summed E-state index contributed by atoms with van der Waals surface area (Å²) in [6, 6.07) is 11.2. The molecule has 2 aromatic rings. The lowest BCUT2D eigenvalue weighted by molar-refractivity contribution is 0.181. The average molecular weight is 505 g/mol. The summed E-state index contributed by atoms with van der Waals surface area (Å²) in [5.74, 6) is 0.0978. The zero-order chi connectivity index (χ0) is 19.6. The van der Waals surface area contributed by atoms with E-state index in [4.69, 9.17) is 9.47 Å². The van der Waals surface area contributed by atoms with Gasteiger partial charge in [-0.3, -0.25) is 4.99 Å². The van der Waals surface area contributed by atoms with Gasteiger partial charge in [-0.15, -0.1) is 24.0 Å². The van der Waals surface area contributed by atoms with Crippen LogP contribution in [0.15, 0.2) is 47.5 Å². The molecule has 0 heterocycles. The third-order valence-corrected chi connectivity index (χ3v) is 3.82. The Kier molecular flexibility index (Phi) is 10.8. The van der Waals surface area contributed by atoms with E-state index in [0.29, 0.717) is 24.6 Å². The van der Waals surface area contributed by atoms with Gasteiger partial charge in [-0.05, 0) is 36.8 Å². The minimum atomic E-state index is -0.393. The molecule has 1 atom stereocenters. The molecule has 0 aliphatic heterocycles. The molecule has 28 heavy (non-hydrogen) atoms. The molecule has 0 aliphatic carbocycles. The predicted octanol–water partition coefficient (Wildman–Crippen LogP) is 3.86. The molecule has 0 fully saturated rings. The van der Waals surface area contributed by atoms with Crippen molar-refractivity contribution in [1.82, 2.24) is 10.6 Å². The lowest BCUT2D eigenvalue weighted by atomic mass is 10.1. The molecule has 2 aromatic carbocycles. The van der Waals surface area contributed by atoms with Crippen LogP contribution >= 0.6 is 24.0 Å². The highest BCUT2D eigenvalue weighted by atomic mass is 127. The fourth-order valence-corrected chi connectivity index (χ4v) is 2.45. The third-order valence-electron chi connectivity index (χ3n) is 3.82. The van der Waals surface area contributed by atoms with Gasteiger partial charge in [-0.25, -0.2) is 8.78 Å². The van der Waals surface area contributed by atoms with Crippen molar-refractivity contribution >= 4 is 29.9 Å². The highest BCUT2D eigenvalue weighted by Crippen LogP contribution is 2.16. The van der Waals surface area contributed by atoms with Gasteiger partial charge < -0.3 is 20.1 Å². The van der Waals surface area contributed by atoms with Crippen molar-refractivity contribution in [3.05, 3.63) is 65.2 Å². The number of benzene rings is 2. The van der Waals surface area contributed by atoms with Crippen LogP contribution in [-0.4, -0.2) is 32.8 Å². The van der Waals surface area contributed by atoms with E-state index in [-0.39, 0.29) is 48.3 Å². The molecule has 2 N–H and O–H groups in total. The predicted molar refractivity (Wildman–Crippen MR) is 117 cm³/mol. The second-order valence-electron chi connectivity index (χ2n) is 6.02. The number of halogens is 3. The Morgan fingerprint density at radius 3 is 2.54 bits per heavy atom. The number of para-hydroxylation sites is 1. The molecule has 0 bridgehead atoms. The van der Waals surface area contributed by atoms with Gasteiger partial charge in [0, 0.05) is 26.3 Å². The Labute approximate surface area is 181 Å². The summed E-state index contributed by atoms with van der Waals surface area (Å²) in [6.45, 7) is 2.97. The first-order chi connectivity index (χ1) is 13.0. The van der Waals surface area contributed by atoms with E-state index in [2.05, 4.69) is 15.6 Å². The molecule has 154 valence electrons. The molecule has 1 unspecified atom stereocenters. The molecular weight excluding hydrogens is 479 g/mol. The summed E-state index contributed by atoms with van der Waals surface area (Å²) in [5.41, 5.74) is 1.41. The van der Waals surface area contributed by atoms with Crippen molar-refractivity contribution in [3.63, 3.8) is 0 Å². The molecule has 0 aromatic heterocycles. The Hall–Kier alpha value is -1.94. The zero-order valence-corrected chi connectivity index (χ0v) is 18.5. The molecule has 2 rings (SSSR count). The number of nitrogens with zero attached hydrogens (tertiary/aromatic N) is 1. The molecule has 0 saturated heterocycles. The first-order valence-corrected chi connectivity index (χ1v) is 8.65. The van der Waals surface area contributed by atoms with Crippen LogP contribution in [0, 0.1) is 11.6 Å². The van der Waals surface area contributed by atoms with Crippen LogP contribution in [0.4, 0.5) is 8.78 Å². The monoisotopic (exact) mass is 505 g/mol. The summed E-state index contributed by atoms with van der Waals surface area (Å²) in [7, 11) is 3.18. The fraction of sp³-hybridized carbons (Fsp3) is 0.350. The second kappa shape index (κ2) is 12.5. The number of hydrogen-bond donors (Lipinski definition) is 2. The molecule has 0 saturated carbocycles. The number of aliphatic imine (C=N–C) groups is 1. The SMILES string of the molecule is CN=C(NCc1ccc(F)c(COC)c1)NCC(C)Oc1ccccc1F.I.